The second-order valence-corrected chi connectivity index (χ2v) is 3.62. The lowest BCUT2D eigenvalue weighted by Gasteiger charge is -2.01. The van der Waals surface area contributed by atoms with Gasteiger partial charge in [-0.3, -0.25) is 4.79 Å². The predicted octanol–water partition coefficient (Wildman–Crippen LogP) is 1.19. The minimum Gasteiger partial charge on any atom is -0.267 e. The van der Waals surface area contributed by atoms with Crippen molar-refractivity contribution in [3.8, 4) is 0 Å². The lowest BCUT2D eigenvalue weighted by molar-refractivity contribution is 0.587. The Hall–Kier alpha value is -1.23. The van der Waals surface area contributed by atoms with E-state index in [2.05, 4.69) is 26.2 Å². The number of aryl methyl sites for hydroxylation is 1. The number of nitrogens with zero attached hydrogens (tertiary/aromatic N) is 3. The third-order valence-corrected chi connectivity index (χ3v) is 2.28. The molecule has 0 aliphatic carbocycles. The van der Waals surface area contributed by atoms with Crippen LogP contribution < -0.4 is 5.56 Å². The molecule has 2 aromatic rings. The van der Waals surface area contributed by atoms with Crippen LogP contribution in [0.15, 0.2) is 29.1 Å². The highest BCUT2D eigenvalue weighted by Gasteiger charge is 2.02. The summed E-state index contributed by atoms with van der Waals surface area (Å²) in [4.78, 5) is 11.8. The van der Waals surface area contributed by atoms with E-state index in [0.29, 0.717) is 22.8 Å². The summed E-state index contributed by atoms with van der Waals surface area (Å²) in [7, 11) is 0. The van der Waals surface area contributed by atoms with Gasteiger partial charge in [-0.1, -0.05) is 33.3 Å². The molecule has 5 heteroatoms. The van der Waals surface area contributed by atoms with E-state index in [1.54, 1.807) is 12.1 Å². The van der Waals surface area contributed by atoms with Crippen molar-refractivity contribution < 1.29 is 0 Å². The number of halogens is 1. The minimum absolute atomic E-state index is 0.0879. The summed E-state index contributed by atoms with van der Waals surface area (Å²) in [6, 6.07) is 7.20. The molecule has 0 fully saturated rings. The fraction of sp³-hybridized carbons (Fsp3) is 0.222. The number of benzene rings is 1. The quantitative estimate of drug-likeness (QED) is 0.756. The van der Waals surface area contributed by atoms with E-state index in [9.17, 15) is 4.79 Å². The van der Waals surface area contributed by atoms with Gasteiger partial charge in [0.15, 0.2) is 0 Å². The molecular weight excluding hydrogens is 246 g/mol. The lowest BCUT2D eigenvalue weighted by Crippen LogP contribution is -2.24. The maximum absolute atomic E-state index is 11.8. The summed E-state index contributed by atoms with van der Waals surface area (Å²) in [6.45, 7) is 0.538. The normalized spacial score (nSPS) is 10.6. The molecule has 0 spiro atoms. The van der Waals surface area contributed by atoms with Crippen LogP contribution in [-0.2, 0) is 6.54 Å². The van der Waals surface area contributed by atoms with Crippen LogP contribution in [0.5, 0.6) is 0 Å². The number of rotatable bonds is 2. The third-order valence-electron chi connectivity index (χ3n) is 1.93. The molecule has 0 bridgehead atoms. The zero-order chi connectivity index (χ0) is 9.97. The predicted molar refractivity (Wildman–Crippen MR) is 57.6 cm³/mol. The summed E-state index contributed by atoms with van der Waals surface area (Å²) in [5.74, 6) is 0. The van der Waals surface area contributed by atoms with Crippen LogP contribution in [0.2, 0.25) is 0 Å². The molecule has 0 radical (unpaired) electrons. The summed E-state index contributed by atoms with van der Waals surface area (Å²) < 4.78 is 1.36. The lowest BCUT2D eigenvalue weighted by atomic mass is 10.2. The highest BCUT2D eigenvalue weighted by atomic mass is 79.9. The molecule has 0 aliphatic rings. The highest BCUT2D eigenvalue weighted by Crippen LogP contribution is 2.03. The smallest absolute Gasteiger partial charge is 0.267 e. The second kappa shape index (κ2) is 3.88. The number of aromatic nitrogens is 3. The van der Waals surface area contributed by atoms with E-state index in [1.165, 1.54) is 4.68 Å². The van der Waals surface area contributed by atoms with Crippen LogP contribution in [0.1, 0.15) is 0 Å². The second-order valence-electron chi connectivity index (χ2n) is 2.82. The zero-order valence-corrected chi connectivity index (χ0v) is 8.94. The van der Waals surface area contributed by atoms with Crippen LogP contribution >= 0.6 is 15.9 Å². The fourth-order valence-corrected chi connectivity index (χ4v) is 1.59. The van der Waals surface area contributed by atoms with E-state index >= 15 is 0 Å². The maximum Gasteiger partial charge on any atom is 0.277 e. The van der Waals surface area contributed by atoms with Gasteiger partial charge in [0.25, 0.3) is 5.56 Å². The van der Waals surface area contributed by atoms with Gasteiger partial charge < -0.3 is 0 Å². The van der Waals surface area contributed by atoms with Crippen molar-refractivity contribution >= 4 is 26.8 Å². The topological polar surface area (TPSA) is 47.8 Å². The number of hydrogen-bond donors (Lipinski definition) is 0. The maximum atomic E-state index is 11.8. The summed E-state index contributed by atoms with van der Waals surface area (Å²) in [6.07, 6.45) is 0. The van der Waals surface area contributed by atoms with E-state index in [0.717, 1.165) is 0 Å². The van der Waals surface area contributed by atoms with Gasteiger partial charge in [0.05, 0.1) is 11.9 Å². The molecule has 2 rings (SSSR count). The number of hydrogen-bond acceptors (Lipinski definition) is 3. The highest BCUT2D eigenvalue weighted by molar-refractivity contribution is 9.09. The third kappa shape index (κ3) is 1.55. The van der Waals surface area contributed by atoms with Crippen molar-refractivity contribution in [2.75, 3.05) is 5.33 Å². The average molecular weight is 254 g/mol. The Bertz CT molecular complexity index is 509. The van der Waals surface area contributed by atoms with Crippen LogP contribution in [0.3, 0.4) is 0 Å². The summed E-state index contributed by atoms with van der Waals surface area (Å²) in [5.41, 5.74) is 0.554. The monoisotopic (exact) mass is 253 g/mol. The first-order valence-electron chi connectivity index (χ1n) is 4.21. The van der Waals surface area contributed by atoms with Crippen molar-refractivity contribution in [1.82, 2.24) is 15.0 Å². The molecule has 0 unspecified atom stereocenters. The Balaban J connectivity index is 2.69. The van der Waals surface area contributed by atoms with Crippen LogP contribution in [0, 0.1) is 0 Å². The molecule has 0 saturated carbocycles. The largest absolute Gasteiger partial charge is 0.277 e. The molecule has 4 nitrogen and oxygen atoms in total. The molecular formula is C9H8BrN3O. The van der Waals surface area contributed by atoms with Gasteiger partial charge in [-0.25, -0.2) is 4.68 Å². The fourth-order valence-electron chi connectivity index (χ4n) is 1.25. The summed E-state index contributed by atoms with van der Waals surface area (Å²) >= 11 is 3.26. The molecule has 0 N–H and O–H groups in total. The molecule has 72 valence electrons. The Morgan fingerprint density at radius 1 is 1.36 bits per heavy atom. The Morgan fingerprint density at radius 3 is 2.93 bits per heavy atom. The molecule has 1 aromatic carbocycles. The standard InChI is InChI=1S/C9H8BrN3O/c10-5-6-13-9(14)7-3-1-2-4-8(7)11-12-13/h1-4H,5-6H2. The Morgan fingerprint density at radius 2 is 2.14 bits per heavy atom. The number of alkyl halides is 1. The van der Waals surface area contributed by atoms with Crippen LogP contribution in [0.4, 0.5) is 0 Å². The van der Waals surface area contributed by atoms with Gasteiger partial charge in [0, 0.05) is 5.33 Å². The van der Waals surface area contributed by atoms with Crippen molar-refractivity contribution in [2.45, 2.75) is 6.54 Å². The molecule has 0 aliphatic heterocycles. The van der Waals surface area contributed by atoms with Gasteiger partial charge in [0.2, 0.25) is 0 Å². The molecule has 0 atom stereocenters. The Labute approximate surface area is 88.7 Å². The van der Waals surface area contributed by atoms with Gasteiger partial charge in [-0.05, 0) is 12.1 Å². The van der Waals surface area contributed by atoms with Crippen LogP contribution in [0.25, 0.3) is 10.9 Å². The van der Waals surface area contributed by atoms with Gasteiger partial charge >= 0.3 is 0 Å². The van der Waals surface area contributed by atoms with Gasteiger partial charge in [0.1, 0.15) is 5.52 Å². The van der Waals surface area contributed by atoms with Crippen molar-refractivity contribution in [3.63, 3.8) is 0 Å². The number of fused-ring (bicyclic) bond motifs is 1. The zero-order valence-electron chi connectivity index (χ0n) is 7.35. The van der Waals surface area contributed by atoms with E-state index < -0.39 is 0 Å². The van der Waals surface area contributed by atoms with Crippen molar-refractivity contribution in [3.05, 3.63) is 34.6 Å². The minimum atomic E-state index is -0.0879. The molecule has 14 heavy (non-hydrogen) atoms. The Kier molecular flexibility index (Phi) is 2.58. The van der Waals surface area contributed by atoms with E-state index in [1.807, 2.05) is 12.1 Å². The molecule has 1 aromatic heterocycles. The van der Waals surface area contributed by atoms with Gasteiger partial charge in [-0.15, -0.1) is 5.10 Å². The average Bonchev–Trinajstić information content (AvgIpc) is 2.23. The first-order valence-corrected chi connectivity index (χ1v) is 5.33. The van der Waals surface area contributed by atoms with Crippen molar-refractivity contribution in [1.29, 1.82) is 0 Å². The molecule has 0 saturated heterocycles. The molecule has 0 amide bonds. The SMILES string of the molecule is O=c1c2ccccc2nnn1CCBr. The van der Waals surface area contributed by atoms with E-state index in [4.69, 9.17) is 0 Å². The first-order chi connectivity index (χ1) is 6.83. The molecule has 1 heterocycles. The summed E-state index contributed by atoms with van der Waals surface area (Å²) in [5, 5.41) is 9.08. The van der Waals surface area contributed by atoms with Crippen molar-refractivity contribution in [2.24, 2.45) is 0 Å². The first kappa shape index (κ1) is 9.33. The van der Waals surface area contributed by atoms with Crippen LogP contribution in [-0.4, -0.2) is 20.3 Å². The van der Waals surface area contributed by atoms with E-state index in [-0.39, 0.29) is 5.56 Å². The van der Waals surface area contributed by atoms with Gasteiger partial charge in [-0.2, -0.15) is 0 Å².